The number of benzene rings is 3. The molecule has 0 spiro atoms. The Kier molecular flexibility index (Phi) is 5.96. The van der Waals surface area contributed by atoms with Gasteiger partial charge in [-0.2, -0.15) is 0 Å². The molecule has 32 heavy (non-hydrogen) atoms. The summed E-state index contributed by atoms with van der Waals surface area (Å²) in [5.41, 5.74) is 2.51. The van der Waals surface area contributed by atoms with Gasteiger partial charge in [0.05, 0.1) is 10.5 Å². The van der Waals surface area contributed by atoms with Gasteiger partial charge in [-0.05, 0) is 61.4 Å². The van der Waals surface area contributed by atoms with Crippen molar-refractivity contribution in [3.8, 4) is 0 Å². The molecule has 1 heterocycles. The summed E-state index contributed by atoms with van der Waals surface area (Å²) >= 11 is 0. The van der Waals surface area contributed by atoms with E-state index in [2.05, 4.69) is 4.72 Å². The predicted octanol–water partition coefficient (Wildman–Crippen LogP) is 3.62. The van der Waals surface area contributed by atoms with Gasteiger partial charge >= 0.3 is 5.97 Å². The minimum atomic E-state index is -3.79. The lowest BCUT2D eigenvalue weighted by molar-refractivity contribution is -0.122. The number of nitrogens with zero attached hydrogens (tertiary/aromatic N) is 1. The molecule has 4 rings (SSSR count). The maximum Gasteiger partial charge on any atom is 0.338 e. The zero-order chi connectivity index (χ0) is 22.7. The molecule has 0 aliphatic carbocycles. The van der Waals surface area contributed by atoms with Crippen LogP contribution >= 0.6 is 0 Å². The van der Waals surface area contributed by atoms with Crippen LogP contribution in [0.25, 0.3) is 0 Å². The Bertz CT molecular complexity index is 1240. The third kappa shape index (κ3) is 4.50. The van der Waals surface area contributed by atoms with Gasteiger partial charge in [-0.15, -0.1) is 0 Å². The van der Waals surface area contributed by atoms with Crippen LogP contribution in [0.2, 0.25) is 0 Å². The summed E-state index contributed by atoms with van der Waals surface area (Å²) in [6.07, 6.45) is 0.753. The van der Waals surface area contributed by atoms with Crippen LogP contribution in [-0.2, 0) is 26.0 Å². The first kappa shape index (κ1) is 21.6. The largest absolute Gasteiger partial charge is 0.452 e. The Morgan fingerprint density at radius 1 is 0.969 bits per heavy atom. The second-order valence-electron chi connectivity index (χ2n) is 7.52. The van der Waals surface area contributed by atoms with Crippen LogP contribution in [0.1, 0.15) is 22.8 Å². The van der Waals surface area contributed by atoms with Crippen molar-refractivity contribution in [1.29, 1.82) is 0 Å². The van der Waals surface area contributed by atoms with Crippen LogP contribution < -0.4 is 9.62 Å². The molecule has 0 radical (unpaired) electrons. The molecule has 0 saturated carbocycles. The summed E-state index contributed by atoms with van der Waals surface area (Å²) in [5, 5.41) is 0. The lowest BCUT2D eigenvalue weighted by atomic mass is 10.1. The van der Waals surface area contributed by atoms with E-state index in [-0.39, 0.29) is 22.4 Å². The number of esters is 1. The molecule has 0 bridgehead atoms. The van der Waals surface area contributed by atoms with Crippen molar-refractivity contribution < 1.29 is 22.7 Å². The van der Waals surface area contributed by atoms with E-state index >= 15 is 0 Å². The van der Waals surface area contributed by atoms with Crippen molar-refractivity contribution in [2.75, 3.05) is 16.2 Å². The monoisotopic (exact) mass is 450 g/mol. The molecule has 0 aromatic heterocycles. The van der Waals surface area contributed by atoms with E-state index in [1.807, 2.05) is 31.2 Å². The molecule has 7 nitrogen and oxygen atoms in total. The number of hydrogen-bond donors (Lipinski definition) is 1. The number of sulfonamides is 1. The van der Waals surface area contributed by atoms with Gasteiger partial charge < -0.3 is 9.64 Å². The Labute approximate surface area is 186 Å². The Hall–Kier alpha value is -3.65. The fourth-order valence-corrected chi connectivity index (χ4v) is 4.77. The summed E-state index contributed by atoms with van der Waals surface area (Å²) in [6.45, 7) is 1.55. The van der Waals surface area contributed by atoms with Crippen molar-refractivity contribution in [2.45, 2.75) is 24.3 Å². The lowest BCUT2D eigenvalue weighted by Gasteiger charge is -2.22. The zero-order valence-corrected chi connectivity index (χ0v) is 18.2. The molecule has 164 valence electrons. The van der Waals surface area contributed by atoms with Crippen LogP contribution in [0.5, 0.6) is 0 Å². The fourth-order valence-electron chi connectivity index (χ4n) is 3.72. The minimum absolute atomic E-state index is 0.0106. The average Bonchev–Trinajstić information content (AvgIpc) is 3.13. The number of hydrogen-bond acceptors (Lipinski definition) is 5. The van der Waals surface area contributed by atoms with E-state index in [1.54, 1.807) is 35.2 Å². The number of anilines is 2. The maximum absolute atomic E-state index is 12.7. The minimum Gasteiger partial charge on any atom is -0.452 e. The maximum atomic E-state index is 12.7. The molecule has 1 amide bonds. The van der Waals surface area contributed by atoms with Gasteiger partial charge in [0.25, 0.3) is 15.9 Å². The first-order chi connectivity index (χ1) is 15.3. The molecular formula is C24H22N2O5S. The SMILES string of the molecule is CC1Cc2ccccc2N1C(=O)COC(=O)c1ccc(S(=O)(=O)Nc2ccccc2)cc1. The van der Waals surface area contributed by atoms with Crippen molar-refractivity contribution in [3.05, 3.63) is 90.0 Å². The number of carbonyl (C=O) groups excluding carboxylic acids is 2. The standard InChI is InChI=1S/C24H22N2O5S/c1-17-15-19-7-5-6-10-22(19)26(17)23(27)16-31-24(28)18-11-13-21(14-12-18)32(29,30)25-20-8-3-2-4-9-20/h2-14,17,25H,15-16H2,1H3. The molecular weight excluding hydrogens is 428 g/mol. The van der Waals surface area contributed by atoms with Gasteiger partial charge in [0, 0.05) is 17.4 Å². The second kappa shape index (κ2) is 8.84. The van der Waals surface area contributed by atoms with E-state index in [1.165, 1.54) is 24.3 Å². The third-order valence-electron chi connectivity index (χ3n) is 5.23. The number of fused-ring (bicyclic) bond motifs is 1. The Balaban J connectivity index is 1.39. The number of rotatable bonds is 6. The van der Waals surface area contributed by atoms with E-state index in [0.29, 0.717) is 5.69 Å². The molecule has 0 saturated heterocycles. The quantitative estimate of drug-likeness (QED) is 0.579. The van der Waals surface area contributed by atoms with Crippen molar-refractivity contribution in [2.24, 2.45) is 0 Å². The van der Waals surface area contributed by atoms with Gasteiger partial charge in [0.15, 0.2) is 6.61 Å². The van der Waals surface area contributed by atoms with Gasteiger partial charge in [0.1, 0.15) is 0 Å². The normalized spacial score (nSPS) is 15.2. The average molecular weight is 451 g/mol. The van der Waals surface area contributed by atoms with Crippen LogP contribution in [-0.4, -0.2) is 32.9 Å². The Morgan fingerprint density at radius 3 is 2.34 bits per heavy atom. The lowest BCUT2D eigenvalue weighted by Crippen LogP contribution is -2.38. The summed E-state index contributed by atoms with van der Waals surface area (Å²) in [7, 11) is -3.79. The second-order valence-corrected chi connectivity index (χ2v) is 9.20. The van der Waals surface area contributed by atoms with Crippen LogP contribution in [0.3, 0.4) is 0 Å². The molecule has 1 aliphatic rings. The molecule has 3 aromatic carbocycles. The van der Waals surface area contributed by atoms with E-state index < -0.39 is 22.6 Å². The topological polar surface area (TPSA) is 92.8 Å². The Morgan fingerprint density at radius 2 is 1.62 bits per heavy atom. The summed E-state index contributed by atoms with van der Waals surface area (Å²) in [4.78, 5) is 26.7. The van der Waals surface area contributed by atoms with Gasteiger partial charge in [-0.3, -0.25) is 9.52 Å². The summed E-state index contributed by atoms with van der Waals surface area (Å²) in [6, 6.07) is 21.5. The van der Waals surface area contributed by atoms with Crippen molar-refractivity contribution >= 4 is 33.3 Å². The zero-order valence-electron chi connectivity index (χ0n) is 17.4. The van der Waals surface area contributed by atoms with Gasteiger partial charge in [-0.1, -0.05) is 36.4 Å². The van der Waals surface area contributed by atoms with E-state index in [4.69, 9.17) is 4.74 Å². The molecule has 1 N–H and O–H groups in total. The molecule has 0 fully saturated rings. The third-order valence-corrected chi connectivity index (χ3v) is 6.63. The van der Waals surface area contributed by atoms with Crippen LogP contribution in [0.15, 0.2) is 83.8 Å². The van der Waals surface area contributed by atoms with Crippen molar-refractivity contribution in [3.63, 3.8) is 0 Å². The fraction of sp³-hybridized carbons (Fsp3) is 0.167. The van der Waals surface area contributed by atoms with Crippen LogP contribution in [0.4, 0.5) is 11.4 Å². The number of ether oxygens (including phenoxy) is 1. The highest BCUT2D eigenvalue weighted by atomic mass is 32.2. The molecule has 1 unspecified atom stereocenters. The highest BCUT2D eigenvalue weighted by Crippen LogP contribution is 2.31. The number of amides is 1. The molecule has 3 aromatic rings. The predicted molar refractivity (Wildman–Crippen MR) is 121 cm³/mol. The number of carbonyl (C=O) groups is 2. The van der Waals surface area contributed by atoms with Crippen molar-refractivity contribution in [1.82, 2.24) is 0 Å². The highest BCUT2D eigenvalue weighted by Gasteiger charge is 2.31. The van der Waals surface area contributed by atoms with E-state index in [0.717, 1.165) is 17.7 Å². The van der Waals surface area contributed by atoms with Crippen LogP contribution in [0, 0.1) is 0 Å². The number of para-hydroxylation sites is 2. The molecule has 8 heteroatoms. The first-order valence-electron chi connectivity index (χ1n) is 10.1. The summed E-state index contributed by atoms with van der Waals surface area (Å²) < 4.78 is 32.7. The van der Waals surface area contributed by atoms with E-state index in [9.17, 15) is 18.0 Å². The van der Waals surface area contributed by atoms with Gasteiger partial charge in [0.2, 0.25) is 0 Å². The smallest absolute Gasteiger partial charge is 0.338 e. The first-order valence-corrected chi connectivity index (χ1v) is 11.6. The van der Waals surface area contributed by atoms with Gasteiger partial charge in [-0.25, -0.2) is 13.2 Å². The summed E-state index contributed by atoms with van der Waals surface area (Å²) in [5.74, 6) is -1.000. The highest BCUT2D eigenvalue weighted by molar-refractivity contribution is 7.92. The molecule has 1 aliphatic heterocycles. The number of nitrogens with one attached hydrogen (secondary N) is 1. The molecule has 1 atom stereocenters.